The van der Waals surface area contributed by atoms with E-state index in [1.54, 1.807) is 18.7 Å². The molecule has 0 amide bonds. The average Bonchev–Trinajstić information content (AvgIpc) is 2.67. The van der Waals surface area contributed by atoms with Gasteiger partial charge in [-0.25, -0.2) is 4.68 Å². The summed E-state index contributed by atoms with van der Waals surface area (Å²) in [4.78, 5) is 10.9. The van der Waals surface area contributed by atoms with Gasteiger partial charge in [-0.15, -0.1) is 0 Å². The molecule has 0 bridgehead atoms. The van der Waals surface area contributed by atoms with Crippen LogP contribution in [0.4, 0.5) is 11.5 Å². The second-order valence-corrected chi connectivity index (χ2v) is 5.80. The summed E-state index contributed by atoms with van der Waals surface area (Å²) < 4.78 is 1.55. The van der Waals surface area contributed by atoms with Gasteiger partial charge >= 0.3 is 5.69 Å². The van der Waals surface area contributed by atoms with E-state index in [4.69, 9.17) is 5.73 Å². The van der Waals surface area contributed by atoms with Crippen molar-refractivity contribution in [3.05, 3.63) is 15.8 Å². The number of nitrogens with zero attached hydrogens (tertiary/aromatic N) is 3. The SMILES string of the molecule is Cc1nn(C)c(NC2(CN)CCCCC2C)c1[N+](=O)[O-]. The van der Waals surface area contributed by atoms with Crippen LogP contribution in [0.15, 0.2) is 0 Å². The molecule has 7 heteroatoms. The van der Waals surface area contributed by atoms with Gasteiger partial charge in [0.2, 0.25) is 5.82 Å². The maximum Gasteiger partial charge on any atom is 0.333 e. The van der Waals surface area contributed by atoms with Gasteiger partial charge in [0.15, 0.2) is 0 Å². The van der Waals surface area contributed by atoms with Crippen LogP contribution in [0, 0.1) is 23.0 Å². The molecule has 1 aromatic rings. The fourth-order valence-corrected chi connectivity index (χ4v) is 3.20. The van der Waals surface area contributed by atoms with Crippen molar-refractivity contribution in [1.29, 1.82) is 0 Å². The molecule has 1 aliphatic rings. The molecule has 0 spiro atoms. The first-order chi connectivity index (χ1) is 9.41. The zero-order valence-corrected chi connectivity index (χ0v) is 12.3. The Morgan fingerprint density at radius 3 is 2.85 bits per heavy atom. The molecule has 1 heterocycles. The number of nitro groups is 1. The molecule has 0 saturated heterocycles. The molecule has 2 rings (SSSR count). The van der Waals surface area contributed by atoms with Gasteiger partial charge in [-0.1, -0.05) is 19.8 Å². The molecule has 1 aromatic heterocycles. The Balaban J connectivity index is 2.39. The van der Waals surface area contributed by atoms with Crippen LogP contribution in [0.25, 0.3) is 0 Å². The molecule has 20 heavy (non-hydrogen) atoms. The summed E-state index contributed by atoms with van der Waals surface area (Å²) in [6.07, 6.45) is 4.32. The van der Waals surface area contributed by atoms with Gasteiger partial charge in [-0.05, 0) is 25.7 Å². The van der Waals surface area contributed by atoms with Gasteiger partial charge < -0.3 is 11.1 Å². The first-order valence-corrected chi connectivity index (χ1v) is 7.07. The van der Waals surface area contributed by atoms with E-state index in [0.717, 1.165) is 19.3 Å². The van der Waals surface area contributed by atoms with E-state index in [0.29, 0.717) is 24.0 Å². The quantitative estimate of drug-likeness (QED) is 0.649. The molecule has 1 saturated carbocycles. The molecule has 1 fully saturated rings. The number of aromatic nitrogens is 2. The van der Waals surface area contributed by atoms with Crippen LogP contribution in [0.2, 0.25) is 0 Å². The standard InChI is InChI=1S/C13H23N5O2/c1-9-6-4-5-7-13(9,8-14)15-12-11(18(19)20)10(2)16-17(12)3/h9,15H,4-8,14H2,1-3H3. The second-order valence-electron chi connectivity index (χ2n) is 5.80. The molecular formula is C13H23N5O2. The van der Waals surface area contributed by atoms with Crippen molar-refractivity contribution in [1.82, 2.24) is 9.78 Å². The highest BCUT2D eigenvalue weighted by Gasteiger charge is 2.39. The summed E-state index contributed by atoms with van der Waals surface area (Å²) in [5, 5.41) is 18.8. The molecule has 112 valence electrons. The van der Waals surface area contributed by atoms with E-state index in [2.05, 4.69) is 17.3 Å². The second kappa shape index (κ2) is 5.40. The van der Waals surface area contributed by atoms with E-state index >= 15 is 0 Å². The van der Waals surface area contributed by atoms with Crippen molar-refractivity contribution in [3.8, 4) is 0 Å². The number of hydrogen-bond donors (Lipinski definition) is 2. The fraction of sp³-hybridized carbons (Fsp3) is 0.769. The van der Waals surface area contributed by atoms with E-state index in [1.807, 2.05) is 0 Å². The molecule has 2 atom stereocenters. The van der Waals surface area contributed by atoms with Gasteiger partial charge in [0.05, 0.1) is 10.5 Å². The summed E-state index contributed by atoms with van der Waals surface area (Å²) in [5.74, 6) is 0.850. The van der Waals surface area contributed by atoms with E-state index in [9.17, 15) is 10.1 Å². The van der Waals surface area contributed by atoms with Crippen molar-refractivity contribution in [2.24, 2.45) is 18.7 Å². The third-order valence-corrected chi connectivity index (χ3v) is 4.56. The van der Waals surface area contributed by atoms with E-state index in [-0.39, 0.29) is 16.1 Å². The van der Waals surface area contributed by atoms with Crippen LogP contribution in [-0.4, -0.2) is 26.8 Å². The lowest BCUT2D eigenvalue weighted by atomic mass is 9.73. The molecule has 3 N–H and O–H groups in total. The van der Waals surface area contributed by atoms with Crippen molar-refractivity contribution in [2.75, 3.05) is 11.9 Å². The van der Waals surface area contributed by atoms with E-state index in [1.165, 1.54) is 6.42 Å². The molecule has 0 aromatic carbocycles. The van der Waals surface area contributed by atoms with Crippen molar-refractivity contribution in [3.63, 3.8) is 0 Å². The monoisotopic (exact) mass is 281 g/mol. The number of anilines is 1. The summed E-state index contributed by atoms with van der Waals surface area (Å²) in [7, 11) is 1.72. The van der Waals surface area contributed by atoms with Crippen molar-refractivity contribution < 1.29 is 4.92 Å². The highest BCUT2D eigenvalue weighted by atomic mass is 16.6. The highest BCUT2D eigenvalue weighted by molar-refractivity contribution is 5.61. The smallest absolute Gasteiger partial charge is 0.333 e. The molecule has 2 unspecified atom stereocenters. The minimum absolute atomic E-state index is 0.0538. The Kier molecular flexibility index (Phi) is 3.99. The minimum atomic E-state index is -0.373. The summed E-state index contributed by atoms with van der Waals surface area (Å²) in [6.45, 7) is 4.28. The minimum Gasteiger partial charge on any atom is -0.358 e. The summed E-state index contributed by atoms with van der Waals surface area (Å²) in [5.41, 5.74) is 6.20. The summed E-state index contributed by atoms with van der Waals surface area (Å²) in [6, 6.07) is 0. The van der Waals surface area contributed by atoms with Crippen LogP contribution < -0.4 is 11.1 Å². The largest absolute Gasteiger partial charge is 0.358 e. The van der Waals surface area contributed by atoms with Crippen LogP contribution in [-0.2, 0) is 7.05 Å². The molecule has 7 nitrogen and oxygen atoms in total. The maximum atomic E-state index is 11.3. The molecule has 0 aliphatic heterocycles. The molecule has 1 aliphatic carbocycles. The zero-order chi connectivity index (χ0) is 14.9. The Morgan fingerprint density at radius 2 is 2.30 bits per heavy atom. The molecule has 0 radical (unpaired) electrons. The van der Waals surface area contributed by atoms with Gasteiger partial charge in [0, 0.05) is 13.6 Å². The highest BCUT2D eigenvalue weighted by Crippen LogP contribution is 2.38. The number of aryl methyl sites for hydroxylation is 2. The average molecular weight is 281 g/mol. The van der Waals surface area contributed by atoms with Crippen LogP contribution in [0.5, 0.6) is 0 Å². The lowest BCUT2D eigenvalue weighted by molar-refractivity contribution is -0.384. The predicted molar refractivity (Wildman–Crippen MR) is 77.6 cm³/mol. The number of rotatable bonds is 4. The van der Waals surface area contributed by atoms with Gasteiger partial charge in [0.25, 0.3) is 0 Å². The van der Waals surface area contributed by atoms with E-state index < -0.39 is 0 Å². The topological polar surface area (TPSA) is 99.0 Å². The number of nitrogens with two attached hydrogens (primary N) is 1. The lowest BCUT2D eigenvalue weighted by Gasteiger charge is -2.43. The Bertz CT molecular complexity index is 513. The number of nitrogens with one attached hydrogen (secondary N) is 1. The van der Waals surface area contributed by atoms with Gasteiger partial charge in [0.1, 0.15) is 5.69 Å². The van der Waals surface area contributed by atoms with Crippen LogP contribution >= 0.6 is 0 Å². The number of hydrogen-bond acceptors (Lipinski definition) is 5. The van der Waals surface area contributed by atoms with Crippen LogP contribution in [0.3, 0.4) is 0 Å². The normalized spacial score (nSPS) is 26.5. The first kappa shape index (κ1) is 14.8. The van der Waals surface area contributed by atoms with Crippen molar-refractivity contribution in [2.45, 2.75) is 45.1 Å². The maximum absolute atomic E-state index is 11.3. The lowest BCUT2D eigenvalue weighted by Crippen LogP contribution is -2.52. The predicted octanol–water partition coefficient (Wildman–Crippen LogP) is 1.96. The molecular weight excluding hydrogens is 258 g/mol. The van der Waals surface area contributed by atoms with Gasteiger partial charge in [-0.2, -0.15) is 5.10 Å². The fourth-order valence-electron chi connectivity index (χ4n) is 3.20. The Labute approximate surface area is 118 Å². The summed E-state index contributed by atoms with van der Waals surface area (Å²) >= 11 is 0. The van der Waals surface area contributed by atoms with Crippen LogP contribution in [0.1, 0.15) is 38.3 Å². The Morgan fingerprint density at radius 1 is 1.60 bits per heavy atom. The van der Waals surface area contributed by atoms with Gasteiger partial charge in [-0.3, -0.25) is 10.1 Å². The third-order valence-electron chi connectivity index (χ3n) is 4.56. The Hall–Kier alpha value is -1.63. The van der Waals surface area contributed by atoms with Crippen molar-refractivity contribution >= 4 is 11.5 Å². The zero-order valence-electron chi connectivity index (χ0n) is 12.3. The first-order valence-electron chi connectivity index (χ1n) is 7.07. The third kappa shape index (κ3) is 2.37.